The van der Waals surface area contributed by atoms with E-state index in [0.29, 0.717) is 24.8 Å². The van der Waals surface area contributed by atoms with E-state index in [2.05, 4.69) is 15.9 Å². The van der Waals surface area contributed by atoms with E-state index >= 15 is 0 Å². The molecule has 0 bridgehead atoms. The lowest BCUT2D eigenvalue weighted by molar-refractivity contribution is -0.139. The van der Waals surface area contributed by atoms with E-state index in [1.54, 1.807) is 6.92 Å². The minimum atomic E-state index is -0.484. The fourth-order valence-electron chi connectivity index (χ4n) is 2.36. The van der Waals surface area contributed by atoms with Gasteiger partial charge < -0.3 is 14.7 Å². The van der Waals surface area contributed by atoms with Gasteiger partial charge >= 0.3 is 0 Å². The van der Waals surface area contributed by atoms with E-state index in [1.165, 1.54) is 0 Å². The number of aliphatic hydroxyl groups is 1. The largest absolute Gasteiger partial charge is 0.481 e. The predicted octanol–water partition coefficient (Wildman–Crippen LogP) is 2.45. The molecule has 0 aliphatic carbocycles. The van der Waals surface area contributed by atoms with Crippen molar-refractivity contribution in [1.82, 2.24) is 4.90 Å². The predicted molar refractivity (Wildman–Crippen MR) is 80.6 cm³/mol. The van der Waals surface area contributed by atoms with Gasteiger partial charge in [0.25, 0.3) is 5.91 Å². The highest BCUT2D eigenvalue weighted by molar-refractivity contribution is 9.10. The maximum atomic E-state index is 12.3. The first-order chi connectivity index (χ1) is 9.60. The van der Waals surface area contributed by atoms with Gasteiger partial charge in [-0.2, -0.15) is 0 Å². The van der Waals surface area contributed by atoms with Crippen molar-refractivity contribution in [1.29, 1.82) is 0 Å². The molecule has 1 N–H and O–H groups in total. The van der Waals surface area contributed by atoms with Crippen LogP contribution in [0.4, 0.5) is 0 Å². The van der Waals surface area contributed by atoms with Crippen LogP contribution < -0.4 is 4.74 Å². The quantitative estimate of drug-likeness (QED) is 0.914. The monoisotopic (exact) mass is 341 g/mol. The lowest BCUT2D eigenvalue weighted by atomic mass is 9.97. The summed E-state index contributed by atoms with van der Waals surface area (Å²) in [6.45, 7) is 3.41. The number of ether oxygens (including phenoxy) is 1. The van der Waals surface area contributed by atoms with E-state index in [0.717, 1.165) is 17.3 Å². The normalized spacial score (nSPS) is 17.9. The fraction of sp³-hybridized carbons (Fsp3) is 0.533. The Labute approximate surface area is 127 Å². The maximum Gasteiger partial charge on any atom is 0.263 e. The first-order valence-corrected chi connectivity index (χ1v) is 7.71. The number of nitrogens with zero attached hydrogens (tertiary/aromatic N) is 1. The number of amides is 1. The summed E-state index contributed by atoms with van der Waals surface area (Å²) in [4.78, 5) is 14.1. The molecule has 1 aliphatic rings. The summed E-state index contributed by atoms with van der Waals surface area (Å²) in [5.74, 6) is 1.05. The Morgan fingerprint density at radius 2 is 2.00 bits per heavy atom. The van der Waals surface area contributed by atoms with Crippen molar-refractivity contribution in [3.63, 3.8) is 0 Å². The molecule has 1 aliphatic heterocycles. The summed E-state index contributed by atoms with van der Waals surface area (Å²) in [5.41, 5.74) is 0. The number of hydrogen-bond donors (Lipinski definition) is 1. The van der Waals surface area contributed by atoms with Gasteiger partial charge in [0.2, 0.25) is 0 Å². The van der Waals surface area contributed by atoms with Crippen LogP contribution in [0.2, 0.25) is 0 Å². The van der Waals surface area contributed by atoms with E-state index < -0.39 is 6.10 Å². The highest BCUT2D eigenvalue weighted by atomic mass is 79.9. The third kappa shape index (κ3) is 3.96. The molecule has 4 nitrogen and oxygen atoms in total. The second kappa shape index (κ2) is 7.09. The van der Waals surface area contributed by atoms with Crippen LogP contribution in [0.3, 0.4) is 0 Å². The van der Waals surface area contributed by atoms with Crippen molar-refractivity contribution in [2.75, 3.05) is 19.7 Å². The molecular formula is C15H20BrNO3. The number of hydrogen-bond acceptors (Lipinski definition) is 3. The van der Waals surface area contributed by atoms with Crippen LogP contribution >= 0.6 is 15.9 Å². The molecule has 1 aromatic rings. The third-order valence-corrected chi connectivity index (χ3v) is 4.19. The molecule has 1 aromatic carbocycles. The van der Waals surface area contributed by atoms with E-state index in [-0.39, 0.29) is 12.5 Å². The van der Waals surface area contributed by atoms with Crippen LogP contribution in [0.1, 0.15) is 19.8 Å². The van der Waals surface area contributed by atoms with Crippen molar-refractivity contribution in [2.45, 2.75) is 25.9 Å². The topological polar surface area (TPSA) is 49.8 Å². The van der Waals surface area contributed by atoms with Crippen molar-refractivity contribution >= 4 is 21.8 Å². The average Bonchev–Trinajstić information content (AvgIpc) is 2.49. The summed E-state index contributed by atoms with van der Waals surface area (Å²) >= 11 is 3.36. The molecule has 20 heavy (non-hydrogen) atoms. The van der Waals surface area contributed by atoms with Crippen LogP contribution in [0.25, 0.3) is 0 Å². The van der Waals surface area contributed by atoms with Gasteiger partial charge in [-0.25, -0.2) is 0 Å². The summed E-state index contributed by atoms with van der Waals surface area (Å²) in [7, 11) is 0. The number of aliphatic hydroxyl groups excluding tert-OH is 1. The molecular weight excluding hydrogens is 322 g/mol. The van der Waals surface area contributed by atoms with Crippen molar-refractivity contribution in [2.24, 2.45) is 5.92 Å². The molecule has 0 radical (unpaired) electrons. The van der Waals surface area contributed by atoms with Crippen molar-refractivity contribution in [3.8, 4) is 5.75 Å². The Bertz CT molecular complexity index is 441. The zero-order chi connectivity index (χ0) is 14.5. The molecule has 0 spiro atoms. The first-order valence-electron chi connectivity index (χ1n) is 6.92. The number of likely N-dealkylation sites (tertiary alicyclic amines) is 1. The summed E-state index contributed by atoms with van der Waals surface area (Å²) < 4.78 is 6.66. The fourth-order valence-corrected chi connectivity index (χ4v) is 2.63. The molecule has 1 atom stereocenters. The van der Waals surface area contributed by atoms with Gasteiger partial charge in [-0.15, -0.1) is 0 Å². The highest BCUT2D eigenvalue weighted by Crippen LogP contribution is 2.20. The molecule has 1 unspecified atom stereocenters. The van der Waals surface area contributed by atoms with Gasteiger partial charge in [-0.1, -0.05) is 15.9 Å². The van der Waals surface area contributed by atoms with Crippen LogP contribution in [-0.4, -0.2) is 41.7 Å². The first kappa shape index (κ1) is 15.3. The van der Waals surface area contributed by atoms with Gasteiger partial charge in [0.15, 0.2) is 6.10 Å². The zero-order valence-corrected chi connectivity index (χ0v) is 13.2. The Balaban J connectivity index is 1.87. The number of carbonyl (C=O) groups is 1. The van der Waals surface area contributed by atoms with Gasteiger partial charge in [-0.3, -0.25) is 4.79 Å². The van der Waals surface area contributed by atoms with E-state index in [9.17, 15) is 4.79 Å². The smallest absolute Gasteiger partial charge is 0.263 e. The Kier molecular flexibility index (Phi) is 5.43. The molecule has 110 valence electrons. The number of benzene rings is 1. The van der Waals surface area contributed by atoms with E-state index in [1.807, 2.05) is 29.2 Å². The molecule has 1 saturated heterocycles. The molecule has 5 heteroatoms. The maximum absolute atomic E-state index is 12.3. The van der Waals surface area contributed by atoms with Gasteiger partial charge in [-0.05, 0) is 49.9 Å². The van der Waals surface area contributed by atoms with Gasteiger partial charge in [0, 0.05) is 24.2 Å². The summed E-state index contributed by atoms with van der Waals surface area (Å²) in [5, 5.41) is 9.11. The van der Waals surface area contributed by atoms with Crippen molar-refractivity contribution in [3.05, 3.63) is 28.7 Å². The minimum absolute atomic E-state index is 0.0179. The van der Waals surface area contributed by atoms with Gasteiger partial charge in [0.05, 0.1) is 0 Å². The van der Waals surface area contributed by atoms with Crippen LogP contribution in [0, 0.1) is 5.92 Å². The minimum Gasteiger partial charge on any atom is -0.481 e. The van der Waals surface area contributed by atoms with E-state index in [4.69, 9.17) is 9.84 Å². The Morgan fingerprint density at radius 1 is 1.40 bits per heavy atom. The number of carbonyl (C=O) groups excluding carboxylic acids is 1. The number of rotatable bonds is 4. The molecule has 1 fully saturated rings. The summed E-state index contributed by atoms with van der Waals surface area (Å²) in [6, 6.07) is 7.45. The lowest BCUT2D eigenvalue weighted by Crippen LogP contribution is -2.45. The Morgan fingerprint density at radius 3 is 2.55 bits per heavy atom. The molecule has 0 saturated carbocycles. The third-order valence-electron chi connectivity index (χ3n) is 3.66. The second-order valence-electron chi connectivity index (χ2n) is 5.17. The van der Waals surface area contributed by atoms with Gasteiger partial charge in [0.1, 0.15) is 5.75 Å². The Hall–Kier alpha value is -1.07. The average molecular weight is 342 g/mol. The SMILES string of the molecule is CC(Oc1ccc(Br)cc1)C(=O)N1CCC(CO)CC1. The molecule has 2 rings (SSSR count). The van der Waals surface area contributed by atoms with Crippen LogP contribution in [-0.2, 0) is 4.79 Å². The lowest BCUT2D eigenvalue weighted by Gasteiger charge is -2.32. The summed E-state index contributed by atoms with van der Waals surface area (Å²) in [6.07, 6.45) is 1.25. The number of piperidine rings is 1. The number of halogens is 1. The van der Waals surface area contributed by atoms with Crippen LogP contribution in [0.5, 0.6) is 5.75 Å². The molecule has 1 amide bonds. The van der Waals surface area contributed by atoms with Crippen molar-refractivity contribution < 1.29 is 14.6 Å². The standard InChI is InChI=1S/C15H20BrNO3/c1-11(20-14-4-2-13(16)3-5-14)15(19)17-8-6-12(10-18)7-9-17/h2-5,11-12,18H,6-10H2,1H3. The van der Waals surface area contributed by atoms with Crippen LogP contribution in [0.15, 0.2) is 28.7 Å². The second-order valence-corrected chi connectivity index (χ2v) is 6.08. The highest BCUT2D eigenvalue weighted by Gasteiger charge is 2.26. The molecule has 0 aromatic heterocycles. The zero-order valence-electron chi connectivity index (χ0n) is 11.6. The molecule has 1 heterocycles.